The fraction of sp³-hybridized carbons (Fsp3) is 0.160. The number of carbonyl (C=O) groups is 2. The minimum atomic E-state index is -0.286. The van der Waals surface area contributed by atoms with Crippen LogP contribution in [0, 0.1) is 0 Å². The molecule has 5 nitrogen and oxygen atoms in total. The van der Waals surface area contributed by atoms with Crippen molar-refractivity contribution in [3.05, 3.63) is 95.7 Å². The van der Waals surface area contributed by atoms with Crippen LogP contribution in [0.1, 0.15) is 39.8 Å². The van der Waals surface area contributed by atoms with Gasteiger partial charge in [0.05, 0.1) is 4.70 Å². The first-order valence-electron chi connectivity index (χ1n) is 10.2. The number of nitrogens with zero attached hydrogens (tertiary/aromatic N) is 1. The Bertz CT molecular complexity index is 1200. The number of hydrogen-bond acceptors (Lipinski definition) is 4. The molecule has 156 valence electrons. The van der Waals surface area contributed by atoms with E-state index in [1.165, 1.54) is 17.1 Å². The van der Waals surface area contributed by atoms with Crippen molar-refractivity contribution in [3.8, 4) is 0 Å². The highest BCUT2D eigenvalue weighted by atomic mass is 32.1. The molecule has 2 amide bonds. The lowest BCUT2D eigenvalue weighted by Crippen LogP contribution is -2.32. The Balaban J connectivity index is 1.38. The van der Waals surface area contributed by atoms with Crippen LogP contribution < -0.4 is 10.6 Å². The predicted octanol–water partition coefficient (Wildman–Crippen LogP) is 5.30. The summed E-state index contributed by atoms with van der Waals surface area (Å²) in [4.78, 5) is 25.4. The molecule has 0 aliphatic carbocycles. The number of aryl methyl sites for hydroxylation is 1. The zero-order chi connectivity index (χ0) is 21.6. The van der Waals surface area contributed by atoms with E-state index in [2.05, 4.69) is 27.1 Å². The van der Waals surface area contributed by atoms with E-state index in [9.17, 15) is 9.59 Å². The minimum Gasteiger partial charge on any atom is -0.350 e. The van der Waals surface area contributed by atoms with E-state index in [0.717, 1.165) is 22.9 Å². The summed E-state index contributed by atoms with van der Waals surface area (Å²) in [7, 11) is 0. The summed E-state index contributed by atoms with van der Waals surface area (Å²) < 4.78 is 5.25. The van der Waals surface area contributed by atoms with Gasteiger partial charge < -0.3 is 10.6 Å². The second-order valence-corrected chi connectivity index (χ2v) is 8.27. The Morgan fingerprint density at radius 1 is 0.935 bits per heavy atom. The molecule has 0 saturated heterocycles. The largest absolute Gasteiger partial charge is 0.350 e. The average Bonchev–Trinajstić information content (AvgIpc) is 3.23. The molecular formula is C25H23N3O2S. The van der Waals surface area contributed by atoms with Crippen LogP contribution >= 0.6 is 11.5 Å². The van der Waals surface area contributed by atoms with Gasteiger partial charge in [-0.1, -0.05) is 54.6 Å². The number of aromatic nitrogens is 1. The van der Waals surface area contributed by atoms with Crippen molar-refractivity contribution in [3.63, 3.8) is 0 Å². The zero-order valence-corrected chi connectivity index (χ0v) is 18.0. The van der Waals surface area contributed by atoms with E-state index in [4.69, 9.17) is 0 Å². The molecule has 0 unspecified atom stereocenters. The third kappa shape index (κ3) is 5.16. The summed E-state index contributed by atoms with van der Waals surface area (Å²) in [6.45, 7) is 2.00. The number of nitrogens with one attached hydrogen (secondary N) is 2. The van der Waals surface area contributed by atoms with E-state index < -0.39 is 0 Å². The molecule has 31 heavy (non-hydrogen) atoms. The van der Waals surface area contributed by atoms with Gasteiger partial charge in [-0.05, 0) is 61.1 Å². The van der Waals surface area contributed by atoms with Crippen molar-refractivity contribution in [1.82, 2.24) is 9.69 Å². The summed E-state index contributed by atoms with van der Waals surface area (Å²) in [6, 6.07) is 24.8. The van der Waals surface area contributed by atoms with Crippen LogP contribution in [0.2, 0.25) is 0 Å². The summed E-state index contributed by atoms with van der Waals surface area (Å²) in [5.74, 6) is -0.443. The van der Waals surface area contributed by atoms with Crippen molar-refractivity contribution in [2.45, 2.75) is 25.8 Å². The van der Waals surface area contributed by atoms with E-state index >= 15 is 0 Å². The Hall–Kier alpha value is -3.51. The number of rotatable bonds is 7. The Kier molecular flexibility index (Phi) is 6.38. The molecule has 1 aromatic heterocycles. The van der Waals surface area contributed by atoms with E-state index in [0.29, 0.717) is 16.9 Å². The molecule has 0 spiro atoms. The topological polar surface area (TPSA) is 71.1 Å². The number of amides is 2. The molecule has 0 aliphatic heterocycles. The predicted molar refractivity (Wildman–Crippen MR) is 126 cm³/mol. The molecule has 4 aromatic rings. The molecule has 0 bridgehead atoms. The van der Waals surface area contributed by atoms with Crippen molar-refractivity contribution >= 4 is 39.1 Å². The molecule has 0 radical (unpaired) electrons. The Morgan fingerprint density at radius 3 is 2.55 bits per heavy atom. The maximum atomic E-state index is 12.7. The fourth-order valence-corrected chi connectivity index (χ4v) is 4.16. The lowest BCUT2D eigenvalue weighted by Gasteiger charge is -2.14. The first kappa shape index (κ1) is 20.8. The summed E-state index contributed by atoms with van der Waals surface area (Å²) in [5, 5.41) is 6.72. The van der Waals surface area contributed by atoms with Gasteiger partial charge >= 0.3 is 0 Å². The van der Waals surface area contributed by atoms with Crippen molar-refractivity contribution in [2.75, 3.05) is 5.32 Å². The van der Waals surface area contributed by atoms with Crippen LogP contribution in [-0.2, 0) is 6.42 Å². The second kappa shape index (κ2) is 9.53. The fourth-order valence-electron chi connectivity index (χ4n) is 3.39. The maximum absolute atomic E-state index is 12.7. The monoisotopic (exact) mass is 429 g/mol. The lowest BCUT2D eigenvalue weighted by atomic mass is 10.1. The lowest BCUT2D eigenvalue weighted by molar-refractivity contribution is 0.0937. The van der Waals surface area contributed by atoms with Gasteiger partial charge in [-0.3, -0.25) is 9.59 Å². The zero-order valence-electron chi connectivity index (χ0n) is 17.2. The van der Waals surface area contributed by atoms with E-state index in [-0.39, 0.29) is 17.9 Å². The highest BCUT2D eigenvalue weighted by molar-refractivity contribution is 7.13. The van der Waals surface area contributed by atoms with Crippen LogP contribution in [0.15, 0.2) is 78.9 Å². The second-order valence-electron chi connectivity index (χ2n) is 7.46. The number of carbonyl (C=O) groups excluding carboxylic acids is 2. The summed E-state index contributed by atoms with van der Waals surface area (Å²) >= 11 is 1.30. The summed E-state index contributed by atoms with van der Waals surface area (Å²) in [5.41, 5.74) is 2.71. The van der Waals surface area contributed by atoms with E-state index in [1.54, 1.807) is 24.3 Å². The highest BCUT2D eigenvalue weighted by Crippen LogP contribution is 2.23. The quantitative estimate of drug-likeness (QED) is 0.419. The number of anilines is 1. The maximum Gasteiger partial charge on any atom is 0.276 e. The van der Waals surface area contributed by atoms with Crippen molar-refractivity contribution < 1.29 is 9.59 Å². The van der Waals surface area contributed by atoms with E-state index in [1.807, 2.05) is 49.4 Å². The molecule has 2 N–H and O–H groups in total. The van der Waals surface area contributed by atoms with Gasteiger partial charge in [0.2, 0.25) is 0 Å². The van der Waals surface area contributed by atoms with Crippen molar-refractivity contribution in [1.29, 1.82) is 0 Å². The van der Waals surface area contributed by atoms with Gasteiger partial charge in [0.15, 0.2) is 0 Å². The number of hydrogen-bond donors (Lipinski definition) is 2. The van der Waals surface area contributed by atoms with Crippen LogP contribution in [0.25, 0.3) is 10.1 Å². The number of fused-ring (bicyclic) bond motifs is 1. The van der Waals surface area contributed by atoms with Gasteiger partial charge in [-0.25, -0.2) is 0 Å². The molecule has 1 atom stereocenters. The van der Waals surface area contributed by atoms with Gasteiger partial charge in [-0.15, -0.1) is 0 Å². The minimum absolute atomic E-state index is 0.0346. The SMILES string of the molecule is C[C@@H](CCc1ccccc1)NC(=O)c1cccc(NC(=O)c2nsc3ccccc23)c1. The molecule has 1 heterocycles. The third-order valence-electron chi connectivity index (χ3n) is 5.06. The van der Waals surface area contributed by atoms with Gasteiger partial charge in [0, 0.05) is 22.7 Å². The van der Waals surface area contributed by atoms with Crippen LogP contribution in [-0.4, -0.2) is 22.2 Å². The molecule has 0 saturated carbocycles. The van der Waals surface area contributed by atoms with Crippen LogP contribution in [0.3, 0.4) is 0 Å². The molecule has 6 heteroatoms. The summed E-state index contributed by atoms with van der Waals surface area (Å²) in [6.07, 6.45) is 1.75. The van der Waals surface area contributed by atoms with Gasteiger partial charge in [0.1, 0.15) is 5.69 Å². The average molecular weight is 430 g/mol. The molecule has 3 aromatic carbocycles. The van der Waals surface area contributed by atoms with Crippen LogP contribution in [0.5, 0.6) is 0 Å². The Morgan fingerprint density at radius 2 is 1.71 bits per heavy atom. The Labute approximate surface area is 185 Å². The number of benzene rings is 3. The molecule has 4 rings (SSSR count). The standard InChI is InChI=1S/C25H23N3O2S/c1-17(14-15-18-8-3-2-4-9-18)26-24(29)19-10-7-11-20(16-19)27-25(30)23-21-12-5-6-13-22(21)31-28-23/h2-13,16-17H,14-15H2,1H3,(H,26,29)(H,27,30)/t17-/m0/s1. The van der Waals surface area contributed by atoms with Gasteiger partial charge in [0.25, 0.3) is 11.8 Å². The first-order chi connectivity index (χ1) is 15.1. The smallest absolute Gasteiger partial charge is 0.276 e. The van der Waals surface area contributed by atoms with Crippen molar-refractivity contribution in [2.24, 2.45) is 0 Å². The molecular weight excluding hydrogens is 406 g/mol. The first-order valence-corrected chi connectivity index (χ1v) is 11.0. The van der Waals surface area contributed by atoms with Crippen LogP contribution in [0.4, 0.5) is 5.69 Å². The third-order valence-corrected chi connectivity index (χ3v) is 5.89. The normalized spacial score (nSPS) is 11.8. The van der Waals surface area contributed by atoms with Gasteiger partial charge in [-0.2, -0.15) is 4.37 Å². The highest BCUT2D eigenvalue weighted by Gasteiger charge is 2.15. The molecule has 0 aliphatic rings. The molecule has 0 fully saturated rings.